The van der Waals surface area contributed by atoms with Crippen LogP contribution in [0.5, 0.6) is 5.75 Å². The van der Waals surface area contributed by atoms with Gasteiger partial charge in [0.15, 0.2) is 0 Å². The molecule has 1 N–H and O–H groups in total. The van der Waals surface area contributed by atoms with Gasteiger partial charge in [0.2, 0.25) is 0 Å². The second kappa shape index (κ2) is 8.38. The van der Waals surface area contributed by atoms with Crippen LogP contribution in [0.1, 0.15) is 30.4 Å². The van der Waals surface area contributed by atoms with Gasteiger partial charge >= 0.3 is 0 Å². The Morgan fingerprint density at radius 3 is 2.71 bits per heavy atom. The van der Waals surface area contributed by atoms with Crippen molar-refractivity contribution in [2.45, 2.75) is 38.3 Å². The van der Waals surface area contributed by atoms with Crippen molar-refractivity contribution in [3.63, 3.8) is 0 Å². The first-order valence-electron chi connectivity index (χ1n) is 10.2. The second-order valence-electron chi connectivity index (χ2n) is 8.02. The highest BCUT2D eigenvalue weighted by atomic mass is 16.5. The van der Waals surface area contributed by atoms with Crippen molar-refractivity contribution in [3.8, 4) is 5.75 Å². The predicted molar refractivity (Wildman–Crippen MR) is 114 cm³/mol. The Bertz CT molecular complexity index is 902. The minimum absolute atomic E-state index is 0.204. The van der Waals surface area contributed by atoms with Gasteiger partial charge in [0.25, 0.3) is 0 Å². The molecule has 0 spiro atoms. The number of aromatic amines is 1. The van der Waals surface area contributed by atoms with Gasteiger partial charge in [0, 0.05) is 31.9 Å². The fourth-order valence-corrected chi connectivity index (χ4v) is 4.10. The molecule has 3 aromatic rings. The quantitative estimate of drug-likeness (QED) is 0.661. The molecule has 2 heterocycles. The summed E-state index contributed by atoms with van der Waals surface area (Å²) in [6.07, 6.45) is 5.14. The first kappa shape index (κ1) is 19.0. The smallest absolute Gasteiger partial charge is 0.119 e. The van der Waals surface area contributed by atoms with E-state index in [0.717, 1.165) is 44.6 Å². The minimum atomic E-state index is -0.204. The molecule has 4 rings (SSSR count). The summed E-state index contributed by atoms with van der Waals surface area (Å²) in [6.45, 7) is 5.81. The van der Waals surface area contributed by atoms with Crippen LogP contribution in [0.15, 0.2) is 54.7 Å². The molecule has 28 heavy (non-hydrogen) atoms. The third kappa shape index (κ3) is 4.40. The predicted octanol–water partition coefficient (Wildman–Crippen LogP) is 4.93. The highest BCUT2D eigenvalue weighted by Crippen LogP contribution is 2.28. The highest BCUT2D eigenvalue weighted by Gasteiger charge is 2.33. The molecular formula is C24H30N2O2. The van der Waals surface area contributed by atoms with Gasteiger partial charge in [-0.25, -0.2) is 0 Å². The van der Waals surface area contributed by atoms with E-state index in [0.29, 0.717) is 6.61 Å². The molecule has 0 amide bonds. The fraction of sp³-hybridized carbons (Fsp3) is 0.417. The third-order valence-electron chi connectivity index (χ3n) is 5.97. The van der Waals surface area contributed by atoms with E-state index in [9.17, 15) is 0 Å². The van der Waals surface area contributed by atoms with Crippen LogP contribution in [-0.4, -0.2) is 42.3 Å². The molecule has 148 valence electrons. The van der Waals surface area contributed by atoms with Crippen molar-refractivity contribution in [2.24, 2.45) is 0 Å². The molecule has 1 aromatic heterocycles. The Hall–Kier alpha value is -2.30. The van der Waals surface area contributed by atoms with Gasteiger partial charge in [-0.15, -0.1) is 0 Å². The van der Waals surface area contributed by atoms with Crippen molar-refractivity contribution < 1.29 is 9.47 Å². The van der Waals surface area contributed by atoms with Crippen LogP contribution in [0.4, 0.5) is 0 Å². The van der Waals surface area contributed by atoms with Gasteiger partial charge < -0.3 is 14.5 Å². The van der Waals surface area contributed by atoms with Crippen LogP contribution < -0.4 is 4.74 Å². The Morgan fingerprint density at radius 1 is 1.04 bits per heavy atom. The molecule has 0 radical (unpaired) electrons. The lowest BCUT2D eigenvalue weighted by atomic mass is 9.95. The first-order valence-corrected chi connectivity index (χ1v) is 10.2. The molecule has 1 atom stereocenters. The number of ether oxygens (including phenoxy) is 2. The molecule has 1 unspecified atom stereocenters. The van der Waals surface area contributed by atoms with E-state index in [1.54, 1.807) is 0 Å². The Morgan fingerprint density at radius 2 is 1.89 bits per heavy atom. The summed E-state index contributed by atoms with van der Waals surface area (Å²) < 4.78 is 12.1. The number of methoxy groups -OCH3 is 1. The second-order valence-corrected chi connectivity index (χ2v) is 8.02. The van der Waals surface area contributed by atoms with E-state index in [4.69, 9.17) is 9.47 Å². The molecule has 0 saturated carbocycles. The number of aromatic nitrogens is 1. The molecule has 1 aliphatic heterocycles. The standard InChI is InChI=1S/C24H30N2O2/c1-19-4-7-22(8-5-19)28-18-24(27-2)11-3-14-26(15-12-24)17-20-6-9-23-21(16-20)10-13-25-23/h4-10,13,16,25H,3,11-12,14-15,17-18H2,1-2H3. The van der Waals surface area contributed by atoms with Crippen molar-refractivity contribution in [2.75, 3.05) is 26.8 Å². The number of hydrogen-bond acceptors (Lipinski definition) is 3. The van der Waals surface area contributed by atoms with Gasteiger partial charge in [-0.05, 0) is 74.0 Å². The van der Waals surface area contributed by atoms with Crippen molar-refractivity contribution >= 4 is 10.9 Å². The summed E-state index contributed by atoms with van der Waals surface area (Å²) in [6, 6.07) is 17.1. The van der Waals surface area contributed by atoms with E-state index >= 15 is 0 Å². The number of likely N-dealkylation sites (tertiary alicyclic amines) is 1. The van der Waals surface area contributed by atoms with Gasteiger partial charge in [-0.1, -0.05) is 23.8 Å². The maximum Gasteiger partial charge on any atom is 0.119 e. The zero-order chi connectivity index (χ0) is 19.4. The Labute approximate surface area is 167 Å². The SMILES string of the molecule is COC1(COc2ccc(C)cc2)CCCN(Cc2ccc3[nH]ccc3c2)CC1. The lowest BCUT2D eigenvalue weighted by Crippen LogP contribution is -2.39. The van der Waals surface area contributed by atoms with Gasteiger partial charge in [0.05, 0.1) is 0 Å². The van der Waals surface area contributed by atoms with Crippen molar-refractivity contribution in [1.82, 2.24) is 9.88 Å². The molecule has 4 heteroatoms. The number of H-pyrrole nitrogens is 1. The maximum absolute atomic E-state index is 6.10. The summed E-state index contributed by atoms with van der Waals surface area (Å²) in [5, 5.41) is 1.28. The number of aryl methyl sites for hydroxylation is 1. The zero-order valence-corrected chi connectivity index (χ0v) is 16.9. The molecule has 2 aromatic carbocycles. The van der Waals surface area contributed by atoms with Crippen LogP contribution in [0.3, 0.4) is 0 Å². The number of rotatable bonds is 6. The average Bonchev–Trinajstić information content (AvgIpc) is 3.09. The van der Waals surface area contributed by atoms with Gasteiger partial charge in [-0.3, -0.25) is 4.90 Å². The Kier molecular flexibility index (Phi) is 5.69. The summed E-state index contributed by atoms with van der Waals surface area (Å²) in [4.78, 5) is 5.81. The average molecular weight is 379 g/mol. The van der Waals surface area contributed by atoms with Gasteiger partial charge in [-0.2, -0.15) is 0 Å². The minimum Gasteiger partial charge on any atom is -0.491 e. The van der Waals surface area contributed by atoms with Gasteiger partial charge in [0.1, 0.15) is 18.0 Å². The monoisotopic (exact) mass is 378 g/mol. The van der Waals surface area contributed by atoms with Crippen molar-refractivity contribution in [3.05, 3.63) is 65.9 Å². The van der Waals surface area contributed by atoms with E-state index in [2.05, 4.69) is 53.2 Å². The van der Waals surface area contributed by atoms with Crippen LogP contribution >= 0.6 is 0 Å². The normalized spacial score (nSPS) is 20.9. The summed E-state index contributed by atoms with van der Waals surface area (Å²) >= 11 is 0. The van der Waals surface area contributed by atoms with E-state index in [-0.39, 0.29) is 5.60 Å². The molecule has 1 fully saturated rings. The van der Waals surface area contributed by atoms with E-state index < -0.39 is 0 Å². The van der Waals surface area contributed by atoms with Crippen LogP contribution in [0, 0.1) is 6.92 Å². The number of benzene rings is 2. The molecular weight excluding hydrogens is 348 g/mol. The Balaban J connectivity index is 1.37. The molecule has 4 nitrogen and oxygen atoms in total. The number of hydrogen-bond donors (Lipinski definition) is 1. The lowest BCUT2D eigenvalue weighted by molar-refractivity contribution is -0.0541. The molecule has 0 aliphatic carbocycles. The molecule has 0 bridgehead atoms. The van der Waals surface area contributed by atoms with E-state index in [1.165, 1.54) is 22.0 Å². The van der Waals surface area contributed by atoms with Crippen molar-refractivity contribution in [1.29, 1.82) is 0 Å². The number of fused-ring (bicyclic) bond motifs is 1. The molecule has 1 saturated heterocycles. The highest BCUT2D eigenvalue weighted by molar-refractivity contribution is 5.79. The zero-order valence-electron chi connectivity index (χ0n) is 16.9. The third-order valence-corrected chi connectivity index (χ3v) is 5.97. The first-order chi connectivity index (χ1) is 13.7. The fourth-order valence-electron chi connectivity index (χ4n) is 4.10. The summed E-state index contributed by atoms with van der Waals surface area (Å²) in [7, 11) is 1.83. The van der Waals surface area contributed by atoms with Crippen LogP contribution in [0.25, 0.3) is 10.9 Å². The summed E-state index contributed by atoms with van der Waals surface area (Å²) in [5.74, 6) is 0.919. The number of nitrogens with one attached hydrogen (secondary N) is 1. The molecule has 1 aliphatic rings. The largest absolute Gasteiger partial charge is 0.491 e. The van der Waals surface area contributed by atoms with Crippen LogP contribution in [-0.2, 0) is 11.3 Å². The maximum atomic E-state index is 6.10. The van der Waals surface area contributed by atoms with Crippen LogP contribution in [0.2, 0.25) is 0 Å². The lowest BCUT2D eigenvalue weighted by Gasteiger charge is -2.31. The van der Waals surface area contributed by atoms with E-state index in [1.807, 2.05) is 25.4 Å². The topological polar surface area (TPSA) is 37.5 Å². The number of nitrogens with zero attached hydrogens (tertiary/aromatic N) is 1. The summed E-state index contributed by atoms with van der Waals surface area (Å²) in [5.41, 5.74) is 3.61.